The van der Waals surface area contributed by atoms with Gasteiger partial charge in [-0.2, -0.15) is 0 Å². The number of ketones is 1. The Kier molecular flexibility index (Phi) is 6.47. The summed E-state index contributed by atoms with van der Waals surface area (Å²) in [7, 11) is 0. The molecule has 0 aliphatic carbocycles. The molecule has 2 aliphatic heterocycles. The molecule has 7 heteroatoms. The van der Waals surface area contributed by atoms with Crippen LogP contribution < -0.4 is 14.2 Å². The van der Waals surface area contributed by atoms with E-state index in [0.29, 0.717) is 47.3 Å². The Labute approximate surface area is 225 Å². The number of likely N-dealkylation sites (tertiary alicyclic amines) is 1. The smallest absolute Gasteiger partial charge is 0.295 e. The Bertz CT molecular complexity index is 1560. The quantitative estimate of drug-likeness (QED) is 0.195. The number of Topliss-reactive ketones (excluding diaryl/α,β-unsaturated/α-hetero) is 1. The molecule has 1 fully saturated rings. The molecule has 0 radical (unpaired) electrons. The lowest BCUT2D eigenvalue weighted by atomic mass is 9.94. The minimum Gasteiger partial charge on any atom is -0.507 e. The molecule has 1 amide bonds. The van der Waals surface area contributed by atoms with Crippen molar-refractivity contribution in [2.75, 3.05) is 13.2 Å². The Morgan fingerprint density at radius 1 is 0.795 bits per heavy atom. The molecule has 1 saturated heterocycles. The van der Waals surface area contributed by atoms with Crippen LogP contribution in [-0.2, 0) is 16.1 Å². The average Bonchev–Trinajstić information content (AvgIpc) is 3.22. The van der Waals surface area contributed by atoms with E-state index in [4.69, 9.17) is 14.2 Å². The first-order valence-electron chi connectivity index (χ1n) is 12.6. The third-order valence-corrected chi connectivity index (χ3v) is 6.70. The maximum Gasteiger partial charge on any atom is 0.295 e. The standard InChI is InChI=1S/C32H25NO6/c34-30(23-14-15-26-27(19-23)38-17-16-37-26)28-29(33(32(36)31(28)35)20-21-8-3-1-4-9-21)22-10-7-13-25(18-22)39-24-11-5-2-6-12-24/h1-15,18-19,29,34H,16-17,20H2/b30-28+/t29-/m0/s1. The molecule has 1 atom stereocenters. The summed E-state index contributed by atoms with van der Waals surface area (Å²) in [5.41, 5.74) is 1.86. The summed E-state index contributed by atoms with van der Waals surface area (Å²) in [5.74, 6) is 0.520. The third kappa shape index (κ3) is 4.82. The predicted molar refractivity (Wildman–Crippen MR) is 145 cm³/mol. The summed E-state index contributed by atoms with van der Waals surface area (Å²) in [6.07, 6.45) is 0. The lowest BCUT2D eigenvalue weighted by Crippen LogP contribution is -2.29. The number of hydrogen-bond acceptors (Lipinski definition) is 6. The highest BCUT2D eigenvalue weighted by atomic mass is 16.6. The van der Waals surface area contributed by atoms with Crippen molar-refractivity contribution in [1.29, 1.82) is 0 Å². The van der Waals surface area contributed by atoms with E-state index in [9.17, 15) is 14.7 Å². The summed E-state index contributed by atoms with van der Waals surface area (Å²) >= 11 is 0. The minimum atomic E-state index is -0.835. The zero-order chi connectivity index (χ0) is 26.8. The van der Waals surface area contributed by atoms with E-state index in [1.165, 1.54) is 4.90 Å². The van der Waals surface area contributed by atoms with Crippen LogP contribution in [0, 0.1) is 0 Å². The van der Waals surface area contributed by atoms with Gasteiger partial charge in [0.25, 0.3) is 11.7 Å². The van der Waals surface area contributed by atoms with Gasteiger partial charge in [-0.15, -0.1) is 0 Å². The normalized spacial score (nSPS) is 17.7. The number of para-hydroxylation sites is 1. The Hall–Kier alpha value is -5.04. The van der Waals surface area contributed by atoms with Crippen LogP contribution in [0.25, 0.3) is 5.76 Å². The second-order valence-electron chi connectivity index (χ2n) is 9.26. The van der Waals surface area contributed by atoms with Crippen LogP contribution in [-0.4, -0.2) is 34.9 Å². The summed E-state index contributed by atoms with van der Waals surface area (Å²) in [4.78, 5) is 28.4. The molecule has 0 saturated carbocycles. The molecule has 0 spiro atoms. The van der Waals surface area contributed by atoms with E-state index in [-0.39, 0.29) is 17.9 Å². The number of rotatable bonds is 6. The Morgan fingerprint density at radius 3 is 2.26 bits per heavy atom. The maximum absolute atomic E-state index is 13.5. The molecular weight excluding hydrogens is 494 g/mol. The second-order valence-corrected chi connectivity index (χ2v) is 9.26. The number of amides is 1. The monoisotopic (exact) mass is 519 g/mol. The molecule has 0 unspecified atom stereocenters. The van der Waals surface area contributed by atoms with Crippen molar-refractivity contribution in [1.82, 2.24) is 4.90 Å². The zero-order valence-corrected chi connectivity index (χ0v) is 20.9. The van der Waals surface area contributed by atoms with E-state index >= 15 is 0 Å². The zero-order valence-electron chi connectivity index (χ0n) is 20.9. The molecule has 0 aromatic heterocycles. The molecule has 39 heavy (non-hydrogen) atoms. The third-order valence-electron chi connectivity index (χ3n) is 6.70. The molecular formula is C32H25NO6. The van der Waals surface area contributed by atoms with Crippen LogP contribution in [0.1, 0.15) is 22.7 Å². The van der Waals surface area contributed by atoms with Crippen LogP contribution in [0.3, 0.4) is 0 Å². The molecule has 194 valence electrons. The summed E-state index contributed by atoms with van der Waals surface area (Å²) < 4.78 is 17.3. The van der Waals surface area contributed by atoms with E-state index < -0.39 is 17.7 Å². The second kappa shape index (κ2) is 10.4. The van der Waals surface area contributed by atoms with Gasteiger partial charge < -0.3 is 24.2 Å². The highest BCUT2D eigenvalue weighted by Gasteiger charge is 2.46. The number of hydrogen-bond donors (Lipinski definition) is 1. The summed E-state index contributed by atoms with van der Waals surface area (Å²) in [5, 5.41) is 11.5. The van der Waals surface area contributed by atoms with E-state index in [1.807, 2.05) is 66.7 Å². The lowest BCUT2D eigenvalue weighted by molar-refractivity contribution is -0.140. The topological polar surface area (TPSA) is 85.3 Å². The van der Waals surface area contributed by atoms with Crippen molar-refractivity contribution in [3.05, 3.63) is 125 Å². The fourth-order valence-electron chi connectivity index (χ4n) is 4.89. The highest BCUT2D eigenvalue weighted by Crippen LogP contribution is 2.42. The number of fused-ring (bicyclic) bond motifs is 1. The van der Waals surface area contributed by atoms with Gasteiger partial charge in [0.05, 0.1) is 11.6 Å². The van der Waals surface area contributed by atoms with E-state index in [0.717, 1.165) is 5.56 Å². The first-order valence-corrected chi connectivity index (χ1v) is 12.6. The lowest BCUT2D eigenvalue weighted by Gasteiger charge is -2.26. The van der Waals surface area contributed by atoms with Crippen LogP contribution in [0.5, 0.6) is 23.0 Å². The van der Waals surface area contributed by atoms with Crippen molar-refractivity contribution in [2.45, 2.75) is 12.6 Å². The predicted octanol–water partition coefficient (Wildman–Crippen LogP) is 5.87. The average molecular weight is 520 g/mol. The molecule has 4 aromatic rings. The fraction of sp³-hybridized carbons (Fsp3) is 0.125. The van der Waals surface area contributed by atoms with Crippen LogP contribution in [0.2, 0.25) is 0 Å². The van der Waals surface area contributed by atoms with E-state index in [1.54, 1.807) is 36.4 Å². The van der Waals surface area contributed by atoms with Gasteiger partial charge in [0.15, 0.2) is 11.5 Å². The van der Waals surface area contributed by atoms with Crippen molar-refractivity contribution >= 4 is 17.4 Å². The number of ether oxygens (including phenoxy) is 3. The summed E-state index contributed by atoms with van der Waals surface area (Å²) in [6, 6.07) is 30.1. The van der Waals surface area contributed by atoms with Gasteiger partial charge in [-0.25, -0.2) is 0 Å². The van der Waals surface area contributed by atoms with Crippen molar-refractivity contribution < 1.29 is 28.9 Å². The SMILES string of the molecule is O=C1C(=O)N(Cc2ccccc2)[C@@H](c2cccc(Oc3ccccc3)c2)/C1=C(\O)c1ccc2c(c1)OCCO2. The van der Waals surface area contributed by atoms with Crippen LogP contribution in [0.4, 0.5) is 0 Å². The molecule has 4 aromatic carbocycles. The molecule has 0 bridgehead atoms. The molecule has 1 N–H and O–H groups in total. The number of benzene rings is 4. The van der Waals surface area contributed by atoms with Gasteiger partial charge in [0.1, 0.15) is 30.5 Å². The molecule has 2 heterocycles. The fourth-order valence-corrected chi connectivity index (χ4v) is 4.89. The number of carbonyl (C=O) groups is 2. The first kappa shape index (κ1) is 24.3. The molecule has 6 rings (SSSR count). The highest BCUT2D eigenvalue weighted by molar-refractivity contribution is 6.46. The van der Waals surface area contributed by atoms with Crippen LogP contribution >= 0.6 is 0 Å². The van der Waals surface area contributed by atoms with Crippen molar-refractivity contribution in [3.8, 4) is 23.0 Å². The minimum absolute atomic E-state index is 0.00414. The Balaban J connectivity index is 1.45. The van der Waals surface area contributed by atoms with Gasteiger partial charge in [-0.3, -0.25) is 9.59 Å². The number of aliphatic hydroxyl groups excluding tert-OH is 1. The Morgan fingerprint density at radius 2 is 1.49 bits per heavy atom. The van der Waals surface area contributed by atoms with E-state index in [2.05, 4.69) is 0 Å². The largest absolute Gasteiger partial charge is 0.507 e. The van der Waals surface area contributed by atoms with Gasteiger partial charge >= 0.3 is 0 Å². The van der Waals surface area contributed by atoms with Crippen LogP contribution in [0.15, 0.2) is 109 Å². The summed E-state index contributed by atoms with van der Waals surface area (Å²) in [6.45, 7) is 1.01. The molecule has 2 aliphatic rings. The van der Waals surface area contributed by atoms with Gasteiger partial charge in [-0.05, 0) is 53.6 Å². The van der Waals surface area contributed by atoms with Gasteiger partial charge in [0.2, 0.25) is 0 Å². The van der Waals surface area contributed by atoms with Gasteiger partial charge in [0, 0.05) is 12.1 Å². The van der Waals surface area contributed by atoms with Crippen molar-refractivity contribution in [2.24, 2.45) is 0 Å². The molecule has 7 nitrogen and oxygen atoms in total. The number of carbonyl (C=O) groups excluding carboxylic acids is 2. The number of nitrogens with zero attached hydrogens (tertiary/aromatic N) is 1. The number of aliphatic hydroxyl groups is 1. The maximum atomic E-state index is 13.5. The first-order chi connectivity index (χ1) is 19.1. The van der Waals surface area contributed by atoms with Gasteiger partial charge in [-0.1, -0.05) is 60.7 Å². The van der Waals surface area contributed by atoms with Crippen molar-refractivity contribution in [3.63, 3.8) is 0 Å².